The molecule has 0 atom stereocenters. The number of aromatic nitrogens is 1. The summed E-state index contributed by atoms with van der Waals surface area (Å²) in [4.78, 5) is 17.1. The summed E-state index contributed by atoms with van der Waals surface area (Å²) < 4.78 is 0. The van der Waals surface area contributed by atoms with E-state index in [0.717, 1.165) is 12.8 Å². The first-order valence-electron chi connectivity index (χ1n) is 7.06. The minimum atomic E-state index is 0.294. The number of hydrogen-bond donors (Lipinski definition) is 1. The molecular weight excluding hydrogens is 236 g/mol. The molecule has 0 radical (unpaired) electrons. The van der Waals surface area contributed by atoms with Crippen molar-refractivity contribution >= 4 is 16.8 Å². The van der Waals surface area contributed by atoms with Crippen molar-refractivity contribution in [3.63, 3.8) is 0 Å². The minimum absolute atomic E-state index is 0.294. The summed E-state index contributed by atoms with van der Waals surface area (Å²) in [6, 6.07) is 8.85. The average molecular weight is 256 g/mol. The number of H-pyrrole nitrogens is 1. The van der Waals surface area contributed by atoms with E-state index >= 15 is 0 Å². The van der Waals surface area contributed by atoms with Gasteiger partial charge in [0.25, 0.3) is 0 Å². The zero-order chi connectivity index (χ0) is 13.2. The number of amides is 1. The van der Waals surface area contributed by atoms with Gasteiger partial charge in [0.1, 0.15) is 0 Å². The number of fused-ring (bicyclic) bond motifs is 1. The van der Waals surface area contributed by atoms with Crippen LogP contribution in [0.15, 0.2) is 30.5 Å². The van der Waals surface area contributed by atoms with E-state index in [1.54, 1.807) is 0 Å². The van der Waals surface area contributed by atoms with Gasteiger partial charge in [-0.15, -0.1) is 0 Å². The Hall–Kier alpha value is -1.77. The number of rotatable bonds is 5. The molecule has 3 rings (SSSR count). The Kier molecular flexibility index (Phi) is 3.28. The molecule has 0 unspecified atom stereocenters. The quantitative estimate of drug-likeness (QED) is 0.876. The van der Waals surface area contributed by atoms with E-state index < -0.39 is 0 Å². The second-order valence-corrected chi connectivity index (χ2v) is 5.45. The number of aryl methyl sites for hydroxylation is 1. The molecule has 0 saturated heterocycles. The van der Waals surface area contributed by atoms with E-state index in [4.69, 9.17) is 0 Å². The number of carbonyl (C=O) groups is 1. The highest BCUT2D eigenvalue weighted by molar-refractivity contribution is 5.83. The number of benzene rings is 1. The predicted octanol–water partition coefficient (Wildman–Crippen LogP) is 3.11. The SMILES string of the molecule is CN(C(=O)CCCc1c[nH]c2ccccc12)C1CC1. The fraction of sp³-hybridized carbons (Fsp3) is 0.438. The summed E-state index contributed by atoms with van der Waals surface area (Å²) >= 11 is 0. The van der Waals surface area contributed by atoms with Crippen molar-refractivity contribution in [1.82, 2.24) is 9.88 Å². The van der Waals surface area contributed by atoms with Crippen molar-refractivity contribution in [2.75, 3.05) is 7.05 Å². The van der Waals surface area contributed by atoms with Crippen LogP contribution in [-0.2, 0) is 11.2 Å². The van der Waals surface area contributed by atoms with Gasteiger partial charge in [-0.3, -0.25) is 4.79 Å². The average Bonchev–Trinajstić information content (AvgIpc) is 3.20. The van der Waals surface area contributed by atoms with Crippen LogP contribution >= 0.6 is 0 Å². The lowest BCUT2D eigenvalue weighted by Gasteiger charge is -2.15. The number of nitrogens with zero attached hydrogens (tertiary/aromatic N) is 1. The summed E-state index contributed by atoms with van der Waals surface area (Å²) in [5, 5.41) is 1.28. The maximum atomic E-state index is 11.9. The molecule has 0 bridgehead atoms. The van der Waals surface area contributed by atoms with Crippen LogP contribution in [0, 0.1) is 0 Å². The van der Waals surface area contributed by atoms with Crippen molar-refractivity contribution in [3.8, 4) is 0 Å². The van der Waals surface area contributed by atoms with Crippen LogP contribution in [-0.4, -0.2) is 28.9 Å². The fourth-order valence-corrected chi connectivity index (χ4v) is 2.61. The molecule has 1 heterocycles. The molecule has 1 aromatic heterocycles. The molecule has 1 aliphatic carbocycles. The van der Waals surface area contributed by atoms with Crippen LogP contribution in [0.2, 0.25) is 0 Å². The van der Waals surface area contributed by atoms with Crippen molar-refractivity contribution in [3.05, 3.63) is 36.0 Å². The van der Waals surface area contributed by atoms with E-state index in [2.05, 4.69) is 29.4 Å². The van der Waals surface area contributed by atoms with Crippen LogP contribution in [0.3, 0.4) is 0 Å². The van der Waals surface area contributed by atoms with Crippen molar-refractivity contribution < 1.29 is 4.79 Å². The third-order valence-electron chi connectivity index (χ3n) is 4.00. The van der Waals surface area contributed by atoms with Gasteiger partial charge < -0.3 is 9.88 Å². The van der Waals surface area contributed by atoms with E-state index in [1.165, 1.54) is 29.3 Å². The number of carbonyl (C=O) groups excluding carboxylic acids is 1. The predicted molar refractivity (Wildman–Crippen MR) is 77.0 cm³/mol. The van der Waals surface area contributed by atoms with Crippen molar-refractivity contribution in [2.45, 2.75) is 38.1 Å². The van der Waals surface area contributed by atoms with Gasteiger partial charge in [0, 0.05) is 36.6 Å². The molecule has 3 heteroatoms. The maximum absolute atomic E-state index is 11.9. The number of aromatic amines is 1. The lowest BCUT2D eigenvalue weighted by Crippen LogP contribution is -2.28. The van der Waals surface area contributed by atoms with Crippen LogP contribution in [0.25, 0.3) is 10.9 Å². The Morgan fingerprint density at radius 3 is 2.95 bits per heavy atom. The lowest BCUT2D eigenvalue weighted by atomic mass is 10.1. The molecule has 2 aromatic rings. The molecule has 1 amide bonds. The fourth-order valence-electron chi connectivity index (χ4n) is 2.61. The summed E-state index contributed by atoms with van der Waals surface area (Å²) in [5.41, 5.74) is 2.50. The largest absolute Gasteiger partial charge is 0.361 e. The number of nitrogens with one attached hydrogen (secondary N) is 1. The molecule has 1 aromatic carbocycles. The van der Waals surface area contributed by atoms with E-state index in [0.29, 0.717) is 18.4 Å². The zero-order valence-electron chi connectivity index (χ0n) is 11.4. The normalized spacial score (nSPS) is 14.8. The first-order chi connectivity index (χ1) is 9.25. The second kappa shape index (κ2) is 5.08. The van der Waals surface area contributed by atoms with Gasteiger partial charge in [-0.25, -0.2) is 0 Å². The molecule has 19 heavy (non-hydrogen) atoms. The molecular formula is C16H20N2O. The lowest BCUT2D eigenvalue weighted by molar-refractivity contribution is -0.130. The van der Waals surface area contributed by atoms with E-state index in [1.807, 2.05) is 18.0 Å². The summed E-state index contributed by atoms with van der Waals surface area (Å²) in [5.74, 6) is 0.294. The van der Waals surface area contributed by atoms with Gasteiger partial charge in [0.05, 0.1) is 0 Å². The van der Waals surface area contributed by atoms with Gasteiger partial charge in [-0.05, 0) is 37.3 Å². The maximum Gasteiger partial charge on any atom is 0.222 e. The van der Waals surface area contributed by atoms with Crippen LogP contribution in [0.5, 0.6) is 0 Å². The third-order valence-corrected chi connectivity index (χ3v) is 4.00. The number of para-hydroxylation sites is 1. The Morgan fingerprint density at radius 1 is 1.37 bits per heavy atom. The van der Waals surface area contributed by atoms with Crippen LogP contribution < -0.4 is 0 Å². The molecule has 3 nitrogen and oxygen atoms in total. The van der Waals surface area contributed by atoms with Crippen LogP contribution in [0.1, 0.15) is 31.2 Å². The minimum Gasteiger partial charge on any atom is -0.361 e. The van der Waals surface area contributed by atoms with Gasteiger partial charge in [0.15, 0.2) is 0 Å². The van der Waals surface area contributed by atoms with Crippen LogP contribution in [0.4, 0.5) is 0 Å². The van der Waals surface area contributed by atoms with Gasteiger partial charge in [-0.1, -0.05) is 18.2 Å². The van der Waals surface area contributed by atoms with E-state index in [-0.39, 0.29) is 0 Å². The third kappa shape index (κ3) is 2.65. The Labute approximate surface area is 113 Å². The van der Waals surface area contributed by atoms with E-state index in [9.17, 15) is 4.79 Å². The Morgan fingerprint density at radius 2 is 2.16 bits per heavy atom. The molecule has 1 saturated carbocycles. The monoisotopic (exact) mass is 256 g/mol. The molecule has 0 aliphatic heterocycles. The van der Waals surface area contributed by atoms with Gasteiger partial charge in [-0.2, -0.15) is 0 Å². The van der Waals surface area contributed by atoms with Crippen molar-refractivity contribution in [1.29, 1.82) is 0 Å². The molecule has 100 valence electrons. The van der Waals surface area contributed by atoms with Gasteiger partial charge >= 0.3 is 0 Å². The molecule has 1 aliphatic rings. The Bertz CT molecular complexity index is 583. The summed E-state index contributed by atoms with van der Waals surface area (Å²) in [6.45, 7) is 0. The second-order valence-electron chi connectivity index (χ2n) is 5.45. The topological polar surface area (TPSA) is 36.1 Å². The molecule has 1 N–H and O–H groups in total. The first-order valence-corrected chi connectivity index (χ1v) is 7.06. The zero-order valence-corrected chi connectivity index (χ0v) is 11.4. The Balaban J connectivity index is 1.56. The highest BCUT2D eigenvalue weighted by Gasteiger charge is 2.28. The number of hydrogen-bond acceptors (Lipinski definition) is 1. The summed E-state index contributed by atoms with van der Waals surface area (Å²) in [7, 11) is 1.94. The molecule has 1 fully saturated rings. The molecule has 0 spiro atoms. The standard InChI is InChI=1S/C16H20N2O/c1-18(13-9-10-13)16(19)8-4-5-12-11-17-15-7-3-2-6-14(12)15/h2-3,6-7,11,13,17H,4-5,8-10H2,1H3. The summed E-state index contributed by atoms with van der Waals surface area (Å²) in [6.07, 6.45) is 6.99. The first kappa shape index (κ1) is 12.3. The van der Waals surface area contributed by atoms with Gasteiger partial charge in [0.2, 0.25) is 5.91 Å². The highest BCUT2D eigenvalue weighted by atomic mass is 16.2. The highest BCUT2D eigenvalue weighted by Crippen LogP contribution is 2.26. The van der Waals surface area contributed by atoms with Crippen molar-refractivity contribution in [2.24, 2.45) is 0 Å². The smallest absolute Gasteiger partial charge is 0.222 e.